The van der Waals surface area contributed by atoms with Crippen molar-refractivity contribution >= 4 is 11.6 Å². The Labute approximate surface area is 210 Å². The van der Waals surface area contributed by atoms with Gasteiger partial charge in [0.25, 0.3) is 0 Å². The molecular formula is C26H32ClN3O5. The van der Waals surface area contributed by atoms with Gasteiger partial charge in [-0.2, -0.15) is 5.10 Å². The largest absolute Gasteiger partial charge is 0.493 e. The molecule has 1 fully saturated rings. The molecule has 9 heteroatoms. The number of hydrogen-bond donors (Lipinski definition) is 1. The first-order valence-electron chi connectivity index (χ1n) is 11.7. The number of methoxy groups -OCH3 is 1. The molecule has 1 saturated heterocycles. The molecule has 8 nitrogen and oxygen atoms in total. The molecule has 2 aromatic carbocycles. The standard InChI is InChI=1S/C26H32ClN3O5/c1-32-24-9-4-21(16-25(24)34-14-3-12-30-11-2-10-28-30)17-29-13-15-33-19-26(31,18-29)20-35-23-7-5-22(27)6-8-23/h2,4-11,16,31H,3,12-15,17-20H2,1H3/t26-/m1/s1. The van der Waals surface area contributed by atoms with E-state index < -0.39 is 5.60 Å². The van der Waals surface area contributed by atoms with Crippen LogP contribution in [-0.2, 0) is 17.8 Å². The Balaban J connectivity index is 1.34. The van der Waals surface area contributed by atoms with Crippen molar-refractivity contribution in [2.24, 2.45) is 0 Å². The molecule has 35 heavy (non-hydrogen) atoms. The lowest BCUT2D eigenvalue weighted by atomic mass is 10.1. The third kappa shape index (κ3) is 7.60. The summed E-state index contributed by atoms with van der Waals surface area (Å²) in [6.07, 6.45) is 4.54. The summed E-state index contributed by atoms with van der Waals surface area (Å²) >= 11 is 5.94. The molecule has 0 bridgehead atoms. The summed E-state index contributed by atoms with van der Waals surface area (Å²) in [4.78, 5) is 2.17. The third-order valence-corrected chi connectivity index (χ3v) is 6.00. The van der Waals surface area contributed by atoms with Crippen molar-refractivity contribution in [2.75, 3.05) is 46.6 Å². The van der Waals surface area contributed by atoms with E-state index in [2.05, 4.69) is 10.00 Å². The second-order valence-corrected chi connectivity index (χ2v) is 9.12. The second kappa shape index (κ2) is 12.3. The molecule has 0 unspecified atom stereocenters. The Kier molecular flexibility index (Phi) is 8.87. The number of aromatic nitrogens is 2. The zero-order chi connectivity index (χ0) is 24.5. The van der Waals surface area contributed by atoms with Crippen LogP contribution in [0.4, 0.5) is 0 Å². The normalized spacial score (nSPS) is 18.7. The molecule has 0 spiro atoms. The molecule has 0 amide bonds. The highest BCUT2D eigenvalue weighted by molar-refractivity contribution is 6.30. The maximum atomic E-state index is 11.2. The maximum Gasteiger partial charge on any atom is 0.161 e. The van der Waals surface area contributed by atoms with E-state index in [1.165, 1.54) is 0 Å². The van der Waals surface area contributed by atoms with Gasteiger partial charge in [-0.3, -0.25) is 9.58 Å². The van der Waals surface area contributed by atoms with Crippen molar-refractivity contribution in [3.63, 3.8) is 0 Å². The lowest BCUT2D eigenvalue weighted by molar-refractivity contribution is -0.0646. The van der Waals surface area contributed by atoms with Gasteiger partial charge in [-0.1, -0.05) is 17.7 Å². The molecule has 1 atom stereocenters. The fraction of sp³-hybridized carbons (Fsp3) is 0.423. The van der Waals surface area contributed by atoms with E-state index in [4.69, 9.17) is 30.5 Å². The number of halogens is 1. The van der Waals surface area contributed by atoms with Crippen molar-refractivity contribution in [3.05, 3.63) is 71.5 Å². The van der Waals surface area contributed by atoms with Crippen molar-refractivity contribution in [3.8, 4) is 17.2 Å². The predicted octanol–water partition coefficient (Wildman–Crippen LogP) is 3.66. The van der Waals surface area contributed by atoms with Crippen LogP contribution in [0.25, 0.3) is 0 Å². The predicted molar refractivity (Wildman–Crippen MR) is 133 cm³/mol. The van der Waals surface area contributed by atoms with Gasteiger partial charge in [0.15, 0.2) is 11.5 Å². The number of nitrogens with zero attached hydrogens (tertiary/aromatic N) is 3. The van der Waals surface area contributed by atoms with E-state index in [-0.39, 0.29) is 13.2 Å². The number of hydrogen-bond acceptors (Lipinski definition) is 7. The zero-order valence-electron chi connectivity index (χ0n) is 19.9. The van der Waals surface area contributed by atoms with E-state index in [1.54, 1.807) is 37.6 Å². The highest BCUT2D eigenvalue weighted by Gasteiger charge is 2.33. The fourth-order valence-corrected chi connectivity index (χ4v) is 4.13. The minimum absolute atomic E-state index is 0.123. The molecule has 0 saturated carbocycles. The SMILES string of the molecule is COc1ccc(CN2CCOC[C@@](O)(COc3ccc(Cl)cc3)C2)cc1OCCCn1cccn1. The molecule has 3 aromatic rings. The van der Waals surface area contributed by atoms with Crippen LogP contribution >= 0.6 is 11.6 Å². The Morgan fingerprint density at radius 1 is 1.14 bits per heavy atom. The minimum atomic E-state index is -1.13. The summed E-state index contributed by atoms with van der Waals surface area (Å²) < 4.78 is 24.9. The van der Waals surface area contributed by atoms with Crippen molar-refractivity contribution < 1.29 is 24.1 Å². The van der Waals surface area contributed by atoms with Crippen LogP contribution in [0.5, 0.6) is 17.2 Å². The quantitative estimate of drug-likeness (QED) is 0.402. The average molecular weight is 502 g/mol. The number of aliphatic hydroxyl groups is 1. The molecule has 0 radical (unpaired) electrons. The Morgan fingerprint density at radius 2 is 2.00 bits per heavy atom. The van der Waals surface area contributed by atoms with Crippen LogP contribution in [-0.4, -0.2) is 72.0 Å². The Morgan fingerprint density at radius 3 is 2.77 bits per heavy atom. The number of aryl methyl sites for hydroxylation is 1. The van der Waals surface area contributed by atoms with Crippen LogP contribution in [0, 0.1) is 0 Å². The minimum Gasteiger partial charge on any atom is -0.493 e. The Hall–Kier alpha value is -2.78. The summed E-state index contributed by atoms with van der Waals surface area (Å²) in [5, 5.41) is 16.1. The fourth-order valence-electron chi connectivity index (χ4n) is 4.00. The molecule has 1 N–H and O–H groups in total. The summed E-state index contributed by atoms with van der Waals surface area (Å²) in [5.74, 6) is 2.06. The monoisotopic (exact) mass is 501 g/mol. The first-order chi connectivity index (χ1) is 17.0. The highest BCUT2D eigenvalue weighted by Crippen LogP contribution is 2.29. The van der Waals surface area contributed by atoms with Crippen LogP contribution in [0.2, 0.25) is 5.02 Å². The van der Waals surface area contributed by atoms with Gasteiger partial charge < -0.3 is 24.1 Å². The third-order valence-electron chi connectivity index (χ3n) is 5.74. The second-order valence-electron chi connectivity index (χ2n) is 8.69. The molecule has 1 aromatic heterocycles. The van der Waals surface area contributed by atoms with Crippen LogP contribution in [0.3, 0.4) is 0 Å². The molecule has 1 aliphatic rings. The maximum absolute atomic E-state index is 11.2. The lowest BCUT2D eigenvalue weighted by Gasteiger charge is -2.30. The van der Waals surface area contributed by atoms with Crippen LogP contribution in [0.15, 0.2) is 60.9 Å². The molecular weight excluding hydrogens is 470 g/mol. The number of rotatable bonds is 11. The summed E-state index contributed by atoms with van der Waals surface area (Å²) in [6.45, 7) is 3.99. The summed E-state index contributed by atoms with van der Waals surface area (Å²) in [6, 6.07) is 14.9. The molecule has 188 valence electrons. The summed E-state index contributed by atoms with van der Waals surface area (Å²) in [5.41, 5.74) is -0.0650. The van der Waals surface area contributed by atoms with Crippen molar-refractivity contribution in [1.29, 1.82) is 0 Å². The van der Waals surface area contributed by atoms with E-state index >= 15 is 0 Å². The average Bonchev–Trinajstić information content (AvgIpc) is 3.31. The molecule has 4 rings (SSSR count). The van der Waals surface area contributed by atoms with Gasteiger partial charge in [0, 0.05) is 50.0 Å². The van der Waals surface area contributed by atoms with Crippen molar-refractivity contribution in [1.82, 2.24) is 14.7 Å². The first kappa shape index (κ1) is 25.3. The van der Waals surface area contributed by atoms with Gasteiger partial charge in [0.1, 0.15) is 18.0 Å². The number of β-amino-alcohol motifs (C(OH)–C–C–N with tert-alkyl or cyclic N) is 1. The van der Waals surface area contributed by atoms with Gasteiger partial charge >= 0.3 is 0 Å². The first-order valence-corrected chi connectivity index (χ1v) is 12.1. The zero-order valence-corrected chi connectivity index (χ0v) is 20.7. The van der Waals surface area contributed by atoms with E-state index in [0.29, 0.717) is 55.1 Å². The lowest BCUT2D eigenvalue weighted by Crippen LogP contribution is -2.48. The van der Waals surface area contributed by atoms with Gasteiger partial charge in [0.2, 0.25) is 0 Å². The number of benzene rings is 2. The highest BCUT2D eigenvalue weighted by atomic mass is 35.5. The van der Waals surface area contributed by atoms with E-state index in [9.17, 15) is 5.11 Å². The molecule has 2 heterocycles. The van der Waals surface area contributed by atoms with Crippen LogP contribution < -0.4 is 14.2 Å². The van der Waals surface area contributed by atoms with E-state index in [0.717, 1.165) is 18.5 Å². The van der Waals surface area contributed by atoms with Crippen LogP contribution in [0.1, 0.15) is 12.0 Å². The number of ether oxygens (including phenoxy) is 4. The summed E-state index contributed by atoms with van der Waals surface area (Å²) in [7, 11) is 1.64. The molecule has 0 aliphatic carbocycles. The molecule has 1 aliphatic heterocycles. The topological polar surface area (TPSA) is 78.2 Å². The van der Waals surface area contributed by atoms with Gasteiger partial charge in [-0.15, -0.1) is 0 Å². The Bertz CT molecular complexity index is 1050. The van der Waals surface area contributed by atoms with Gasteiger partial charge in [-0.25, -0.2) is 0 Å². The van der Waals surface area contributed by atoms with Crippen molar-refractivity contribution in [2.45, 2.75) is 25.1 Å². The van der Waals surface area contributed by atoms with Gasteiger partial charge in [-0.05, 0) is 48.0 Å². The van der Waals surface area contributed by atoms with Gasteiger partial charge in [0.05, 0.1) is 26.9 Å². The van der Waals surface area contributed by atoms with E-state index in [1.807, 2.05) is 35.1 Å². The smallest absolute Gasteiger partial charge is 0.161 e.